The standard InChI is InChI=1S/C15H24N4O/c1-3-8-16-15(20)12-4-5-14(17-11-12)18-13-6-9-19(2)10-7-13/h4-5,11,13H,3,6-10H2,1-2H3,(H,16,20)(H,17,18). The summed E-state index contributed by atoms with van der Waals surface area (Å²) in [6, 6.07) is 4.20. The largest absolute Gasteiger partial charge is 0.367 e. The van der Waals surface area contributed by atoms with Gasteiger partial charge in [0.25, 0.3) is 5.91 Å². The van der Waals surface area contributed by atoms with Crippen molar-refractivity contribution in [3.8, 4) is 0 Å². The van der Waals surface area contributed by atoms with Gasteiger partial charge in [-0.2, -0.15) is 0 Å². The first kappa shape index (κ1) is 14.8. The summed E-state index contributed by atoms with van der Waals surface area (Å²) in [6.07, 6.45) is 4.85. The SMILES string of the molecule is CCCNC(=O)c1ccc(NC2CCN(C)CC2)nc1. The minimum atomic E-state index is -0.0507. The highest BCUT2D eigenvalue weighted by Crippen LogP contribution is 2.14. The monoisotopic (exact) mass is 276 g/mol. The topological polar surface area (TPSA) is 57.3 Å². The number of rotatable bonds is 5. The third-order valence-corrected chi connectivity index (χ3v) is 3.63. The van der Waals surface area contributed by atoms with Crippen molar-refractivity contribution in [2.45, 2.75) is 32.2 Å². The number of carbonyl (C=O) groups is 1. The first-order valence-corrected chi connectivity index (χ1v) is 7.38. The molecule has 0 aliphatic carbocycles. The summed E-state index contributed by atoms with van der Waals surface area (Å²) in [5, 5.41) is 6.29. The molecule has 1 fully saturated rings. The summed E-state index contributed by atoms with van der Waals surface area (Å²) in [5.74, 6) is 0.803. The van der Waals surface area contributed by atoms with E-state index in [4.69, 9.17) is 0 Å². The lowest BCUT2D eigenvalue weighted by atomic mass is 10.1. The van der Waals surface area contributed by atoms with Crippen molar-refractivity contribution >= 4 is 11.7 Å². The summed E-state index contributed by atoms with van der Waals surface area (Å²) in [6.45, 7) is 4.98. The molecule has 1 aromatic rings. The molecule has 2 rings (SSSR count). The molecule has 0 unspecified atom stereocenters. The molecule has 2 N–H and O–H groups in total. The van der Waals surface area contributed by atoms with Crippen LogP contribution in [0.2, 0.25) is 0 Å². The van der Waals surface area contributed by atoms with Gasteiger partial charge in [-0.15, -0.1) is 0 Å². The minimum Gasteiger partial charge on any atom is -0.367 e. The van der Waals surface area contributed by atoms with Gasteiger partial charge in [-0.25, -0.2) is 4.98 Å². The summed E-state index contributed by atoms with van der Waals surface area (Å²) < 4.78 is 0. The van der Waals surface area contributed by atoms with Crippen LogP contribution in [-0.2, 0) is 0 Å². The Morgan fingerprint density at radius 3 is 2.75 bits per heavy atom. The summed E-state index contributed by atoms with van der Waals surface area (Å²) in [7, 11) is 2.15. The average Bonchev–Trinajstić information content (AvgIpc) is 2.48. The van der Waals surface area contributed by atoms with E-state index in [1.165, 1.54) is 0 Å². The highest BCUT2D eigenvalue weighted by Gasteiger charge is 2.16. The van der Waals surface area contributed by atoms with Gasteiger partial charge in [0.1, 0.15) is 5.82 Å². The molecule has 1 aliphatic rings. The van der Waals surface area contributed by atoms with Crippen LogP contribution in [-0.4, -0.2) is 48.5 Å². The Hall–Kier alpha value is -1.62. The van der Waals surface area contributed by atoms with Gasteiger partial charge in [-0.05, 0) is 51.5 Å². The number of nitrogens with one attached hydrogen (secondary N) is 2. The Kier molecular flexibility index (Phi) is 5.35. The summed E-state index contributed by atoms with van der Waals surface area (Å²) in [4.78, 5) is 18.4. The molecule has 1 aromatic heterocycles. The third kappa shape index (κ3) is 4.20. The lowest BCUT2D eigenvalue weighted by molar-refractivity contribution is 0.0953. The van der Waals surface area contributed by atoms with Crippen LogP contribution in [0.15, 0.2) is 18.3 Å². The van der Waals surface area contributed by atoms with Crippen molar-refractivity contribution in [2.24, 2.45) is 0 Å². The summed E-state index contributed by atoms with van der Waals surface area (Å²) >= 11 is 0. The molecule has 1 amide bonds. The number of likely N-dealkylation sites (tertiary alicyclic amines) is 1. The van der Waals surface area contributed by atoms with Crippen molar-refractivity contribution < 1.29 is 4.79 Å². The van der Waals surface area contributed by atoms with E-state index in [1.807, 2.05) is 19.1 Å². The van der Waals surface area contributed by atoms with E-state index in [9.17, 15) is 4.79 Å². The zero-order valence-corrected chi connectivity index (χ0v) is 12.4. The number of nitrogens with zero attached hydrogens (tertiary/aromatic N) is 2. The second kappa shape index (κ2) is 7.24. The van der Waals surface area contributed by atoms with Gasteiger partial charge < -0.3 is 15.5 Å². The number of piperidine rings is 1. The highest BCUT2D eigenvalue weighted by molar-refractivity contribution is 5.93. The predicted octanol–water partition coefficient (Wildman–Crippen LogP) is 1.73. The van der Waals surface area contributed by atoms with Crippen LogP contribution in [0, 0.1) is 0 Å². The van der Waals surface area contributed by atoms with E-state index >= 15 is 0 Å². The van der Waals surface area contributed by atoms with Crippen molar-refractivity contribution in [3.63, 3.8) is 0 Å². The Morgan fingerprint density at radius 1 is 1.40 bits per heavy atom. The van der Waals surface area contributed by atoms with Gasteiger partial charge in [0.15, 0.2) is 0 Å². The van der Waals surface area contributed by atoms with Crippen LogP contribution >= 0.6 is 0 Å². The van der Waals surface area contributed by atoms with Gasteiger partial charge in [-0.3, -0.25) is 4.79 Å². The molecule has 110 valence electrons. The first-order valence-electron chi connectivity index (χ1n) is 7.38. The van der Waals surface area contributed by atoms with Crippen molar-refractivity contribution in [3.05, 3.63) is 23.9 Å². The highest BCUT2D eigenvalue weighted by atomic mass is 16.1. The van der Waals surface area contributed by atoms with Gasteiger partial charge in [-0.1, -0.05) is 6.92 Å². The zero-order valence-electron chi connectivity index (χ0n) is 12.4. The van der Waals surface area contributed by atoms with Gasteiger partial charge >= 0.3 is 0 Å². The molecule has 20 heavy (non-hydrogen) atoms. The van der Waals surface area contributed by atoms with E-state index in [0.717, 1.165) is 38.2 Å². The zero-order chi connectivity index (χ0) is 14.4. The average molecular weight is 276 g/mol. The third-order valence-electron chi connectivity index (χ3n) is 3.63. The Labute approximate surface area is 120 Å². The van der Waals surface area contributed by atoms with Crippen molar-refractivity contribution in [1.82, 2.24) is 15.2 Å². The lowest BCUT2D eigenvalue weighted by Crippen LogP contribution is -2.36. The molecule has 0 atom stereocenters. The fourth-order valence-corrected chi connectivity index (χ4v) is 2.32. The van der Waals surface area contributed by atoms with Crippen LogP contribution in [0.5, 0.6) is 0 Å². The molecule has 1 aliphatic heterocycles. The fourth-order valence-electron chi connectivity index (χ4n) is 2.32. The molecule has 1 saturated heterocycles. The maximum absolute atomic E-state index is 11.8. The van der Waals surface area contributed by atoms with Crippen LogP contribution < -0.4 is 10.6 Å². The molecular weight excluding hydrogens is 252 g/mol. The maximum Gasteiger partial charge on any atom is 0.252 e. The molecule has 0 aromatic carbocycles. The van der Waals surface area contributed by atoms with Crippen LogP contribution in [0.3, 0.4) is 0 Å². The lowest BCUT2D eigenvalue weighted by Gasteiger charge is -2.29. The predicted molar refractivity (Wildman–Crippen MR) is 81.0 cm³/mol. The summed E-state index contributed by atoms with van der Waals surface area (Å²) in [5.41, 5.74) is 0.618. The second-order valence-corrected chi connectivity index (χ2v) is 5.41. The smallest absolute Gasteiger partial charge is 0.252 e. The van der Waals surface area contributed by atoms with E-state index in [1.54, 1.807) is 6.20 Å². The number of pyridine rings is 1. The molecule has 2 heterocycles. The van der Waals surface area contributed by atoms with E-state index in [0.29, 0.717) is 18.2 Å². The van der Waals surface area contributed by atoms with Crippen molar-refractivity contribution in [2.75, 3.05) is 32.0 Å². The number of amides is 1. The molecule has 0 bridgehead atoms. The van der Waals surface area contributed by atoms with Crippen molar-refractivity contribution in [1.29, 1.82) is 0 Å². The Balaban J connectivity index is 1.86. The Morgan fingerprint density at radius 2 is 2.15 bits per heavy atom. The minimum absolute atomic E-state index is 0.0507. The quantitative estimate of drug-likeness (QED) is 0.860. The van der Waals surface area contributed by atoms with E-state index in [-0.39, 0.29) is 5.91 Å². The molecule has 0 saturated carbocycles. The van der Waals surface area contributed by atoms with Crippen LogP contribution in [0.25, 0.3) is 0 Å². The number of hydrogen-bond acceptors (Lipinski definition) is 4. The van der Waals surface area contributed by atoms with E-state index in [2.05, 4.69) is 27.6 Å². The molecule has 0 radical (unpaired) electrons. The molecular formula is C15H24N4O. The second-order valence-electron chi connectivity index (χ2n) is 5.41. The maximum atomic E-state index is 11.8. The van der Waals surface area contributed by atoms with E-state index < -0.39 is 0 Å². The fraction of sp³-hybridized carbons (Fsp3) is 0.600. The Bertz CT molecular complexity index is 424. The number of carbonyl (C=O) groups excluding carboxylic acids is 1. The normalized spacial score (nSPS) is 16.9. The molecule has 5 heteroatoms. The molecule has 0 spiro atoms. The number of hydrogen-bond donors (Lipinski definition) is 2. The van der Waals surface area contributed by atoms with Gasteiger partial charge in [0.2, 0.25) is 0 Å². The number of anilines is 1. The van der Waals surface area contributed by atoms with Gasteiger partial charge in [0.05, 0.1) is 5.56 Å². The molecule has 5 nitrogen and oxygen atoms in total. The van der Waals surface area contributed by atoms with Crippen LogP contribution in [0.4, 0.5) is 5.82 Å². The first-order chi connectivity index (χ1) is 9.69. The van der Waals surface area contributed by atoms with Crippen LogP contribution in [0.1, 0.15) is 36.5 Å². The van der Waals surface area contributed by atoms with Gasteiger partial charge in [0, 0.05) is 18.8 Å². The number of aromatic nitrogens is 1.